The van der Waals surface area contributed by atoms with E-state index in [0.717, 1.165) is 9.47 Å². The van der Waals surface area contributed by atoms with Gasteiger partial charge in [-0.1, -0.05) is 0 Å². The predicted molar refractivity (Wildman–Crippen MR) is 90.2 cm³/mol. The van der Waals surface area contributed by atoms with Gasteiger partial charge in [0.15, 0.2) is 17.1 Å². The van der Waals surface area contributed by atoms with Crippen molar-refractivity contribution < 1.29 is 8.78 Å². The highest BCUT2D eigenvalue weighted by Gasteiger charge is 2.18. The van der Waals surface area contributed by atoms with Crippen LogP contribution in [0.5, 0.6) is 0 Å². The molecule has 0 radical (unpaired) electrons. The quantitative estimate of drug-likeness (QED) is 0.464. The molecule has 0 aliphatic heterocycles. The summed E-state index contributed by atoms with van der Waals surface area (Å²) in [5.41, 5.74) is 0.384. The van der Waals surface area contributed by atoms with Crippen molar-refractivity contribution in [2.24, 2.45) is 10.9 Å². The molecule has 0 saturated carbocycles. The molecule has 5 N–H and O–H groups in total. The number of nitrogens with zero attached hydrogens (tertiary/aromatic N) is 6. The Bertz CT molecular complexity index is 985. The van der Waals surface area contributed by atoms with Crippen LogP contribution >= 0.6 is 0 Å². The Morgan fingerprint density at radius 2 is 1.92 bits per heavy atom. The van der Waals surface area contributed by atoms with Crippen LogP contribution < -0.4 is 22.5 Å². The van der Waals surface area contributed by atoms with Crippen LogP contribution in [0.4, 0.5) is 14.6 Å². The van der Waals surface area contributed by atoms with Crippen molar-refractivity contribution in [3.8, 4) is 5.69 Å². The third-order valence-corrected chi connectivity index (χ3v) is 3.81. The molecule has 0 aliphatic rings. The van der Waals surface area contributed by atoms with Crippen molar-refractivity contribution in [2.45, 2.75) is 19.9 Å². The van der Waals surface area contributed by atoms with Gasteiger partial charge in [0, 0.05) is 0 Å². The van der Waals surface area contributed by atoms with E-state index in [2.05, 4.69) is 25.6 Å². The molecule has 26 heavy (non-hydrogen) atoms. The largest absolute Gasteiger partial charge is 0.362 e. The molecule has 11 heteroatoms. The fraction of sp³-hybridized carbons (Fsp3) is 0.200. The van der Waals surface area contributed by atoms with Gasteiger partial charge in [-0.3, -0.25) is 0 Å². The third kappa shape index (κ3) is 3.18. The van der Waals surface area contributed by atoms with E-state index in [9.17, 15) is 8.78 Å². The highest BCUT2D eigenvalue weighted by molar-refractivity contribution is 5.42. The van der Waals surface area contributed by atoms with E-state index in [1.807, 2.05) is 0 Å². The summed E-state index contributed by atoms with van der Waals surface area (Å²) in [4.78, 5) is 4.87. The lowest BCUT2D eigenvalue weighted by Crippen LogP contribution is -2.31. The first-order valence-corrected chi connectivity index (χ1v) is 7.62. The zero-order valence-electron chi connectivity index (χ0n) is 14.1. The number of aromatic nitrogens is 5. The lowest BCUT2D eigenvalue weighted by atomic mass is 10.1. The van der Waals surface area contributed by atoms with Gasteiger partial charge in [0.25, 0.3) is 0 Å². The van der Waals surface area contributed by atoms with Crippen LogP contribution in [0.1, 0.15) is 24.4 Å². The number of aryl methyl sites for hydroxylation is 1. The second-order valence-corrected chi connectivity index (χ2v) is 5.57. The molecule has 1 aromatic carbocycles. The minimum atomic E-state index is -0.749. The highest BCUT2D eigenvalue weighted by Crippen LogP contribution is 2.25. The van der Waals surface area contributed by atoms with Gasteiger partial charge < -0.3 is 17.0 Å². The molecule has 0 amide bonds. The average molecular weight is 361 g/mol. The molecule has 1 atom stereocenters. The molecule has 136 valence electrons. The number of hydrogen-bond acceptors (Lipinski definition) is 7. The van der Waals surface area contributed by atoms with Crippen molar-refractivity contribution in [2.75, 3.05) is 11.2 Å². The number of hydrogen-bond donors (Lipinski definition) is 3. The number of benzene rings is 1. The first kappa shape index (κ1) is 17.3. The molecule has 0 spiro atoms. The van der Waals surface area contributed by atoms with E-state index < -0.39 is 17.7 Å². The lowest BCUT2D eigenvalue weighted by molar-refractivity contribution is 0.552. The summed E-state index contributed by atoms with van der Waals surface area (Å²) in [6.45, 7) is 3.34. The highest BCUT2D eigenvalue weighted by atomic mass is 19.1. The van der Waals surface area contributed by atoms with Crippen LogP contribution in [0.15, 0.2) is 35.7 Å². The van der Waals surface area contributed by atoms with E-state index in [4.69, 9.17) is 11.7 Å². The number of nitrogen functional groups attached to an aromatic ring is 1. The first-order chi connectivity index (χ1) is 12.4. The molecule has 1 unspecified atom stereocenters. The fourth-order valence-electron chi connectivity index (χ4n) is 2.47. The molecule has 0 saturated heterocycles. The van der Waals surface area contributed by atoms with E-state index in [0.29, 0.717) is 17.2 Å². The zero-order chi connectivity index (χ0) is 18.8. The van der Waals surface area contributed by atoms with Gasteiger partial charge in [0.05, 0.1) is 6.04 Å². The zero-order valence-corrected chi connectivity index (χ0v) is 14.1. The van der Waals surface area contributed by atoms with Gasteiger partial charge in [0.1, 0.15) is 23.7 Å². The summed E-state index contributed by atoms with van der Waals surface area (Å²) in [6, 6.07) is 5.18. The van der Waals surface area contributed by atoms with E-state index in [1.165, 1.54) is 18.5 Å². The van der Waals surface area contributed by atoms with Crippen molar-refractivity contribution >= 4 is 5.82 Å². The van der Waals surface area contributed by atoms with E-state index >= 15 is 0 Å². The number of rotatable bonds is 4. The van der Waals surface area contributed by atoms with Gasteiger partial charge in [-0.15, -0.1) is 5.10 Å². The van der Waals surface area contributed by atoms with E-state index in [1.54, 1.807) is 26.0 Å². The first-order valence-electron chi connectivity index (χ1n) is 7.62. The second-order valence-electron chi connectivity index (χ2n) is 5.57. The molecular weight excluding hydrogens is 344 g/mol. The Labute approximate surface area is 146 Å². The molecule has 2 aromatic heterocycles. The molecule has 3 rings (SSSR count). The van der Waals surface area contributed by atoms with Crippen LogP contribution in [0.2, 0.25) is 0 Å². The van der Waals surface area contributed by atoms with Crippen molar-refractivity contribution in [1.29, 1.82) is 0 Å². The summed E-state index contributed by atoms with van der Waals surface area (Å²) in [5, 5.41) is 14.3. The number of nitrogens with one attached hydrogen (secondary N) is 1. The third-order valence-electron chi connectivity index (χ3n) is 3.81. The Hall–Kier alpha value is -3.50. The van der Waals surface area contributed by atoms with Crippen LogP contribution in [-0.4, -0.2) is 24.7 Å². The minimum absolute atomic E-state index is 0.271. The molecule has 0 aliphatic carbocycles. The summed E-state index contributed by atoms with van der Waals surface area (Å²) in [6.07, 6.45) is 1.23. The smallest absolute Gasteiger partial charge is 0.190 e. The molecular formula is C15H17F2N9. The average Bonchev–Trinajstić information content (AvgIpc) is 3.00. The standard InChI is InChI=1S/C15H17F2N9/c1-8(22-13-3-4-14(23-18)26(19)24-13)10-5-11(16)15(12(17)6-10)25-9(2)20-7-21-25/h3-8H,18-19H2,1-2H3,(H,22,24)/b23-14-. The summed E-state index contributed by atoms with van der Waals surface area (Å²) in [7, 11) is 0. The maximum absolute atomic E-state index is 14.5. The SMILES string of the molecule is Cc1ncnn1-c1c(F)cc(C(C)Nc2cc/c(=N/N)n(N)n2)cc1F. The van der Waals surface area contributed by atoms with E-state index in [-0.39, 0.29) is 11.2 Å². The van der Waals surface area contributed by atoms with Gasteiger partial charge in [-0.05, 0) is 43.7 Å². The van der Waals surface area contributed by atoms with Crippen LogP contribution in [0, 0.1) is 18.6 Å². The van der Waals surface area contributed by atoms with Crippen LogP contribution in [-0.2, 0) is 0 Å². The Morgan fingerprint density at radius 1 is 1.23 bits per heavy atom. The Morgan fingerprint density at radius 3 is 2.46 bits per heavy atom. The monoisotopic (exact) mass is 361 g/mol. The number of halogens is 2. The summed E-state index contributed by atoms with van der Waals surface area (Å²) < 4.78 is 30.1. The van der Waals surface area contributed by atoms with Gasteiger partial charge >= 0.3 is 0 Å². The summed E-state index contributed by atoms with van der Waals surface area (Å²) in [5.74, 6) is 10.1. The topological polar surface area (TPSA) is 125 Å². The maximum atomic E-state index is 14.5. The molecule has 3 aromatic rings. The normalized spacial score (nSPS) is 13.0. The number of anilines is 1. The minimum Gasteiger partial charge on any atom is -0.362 e. The molecule has 9 nitrogen and oxygen atoms in total. The fourth-order valence-corrected chi connectivity index (χ4v) is 2.47. The molecule has 0 fully saturated rings. The van der Waals surface area contributed by atoms with Crippen LogP contribution in [0.3, 0.4) is 0 Å². The maximum Gasteiger partial charge on any atom is 0.190 e. The lowest BCUT2D eigenvalue weighted by Gasteiger charge is -2.17. The van der Waals surface area contributed by atoms with Crippen molar-refractivity contribution in [3.05, 3.63) is 59.1 Å². The number of nitrogens with two attached hydrogens (primary N) is 2. The van der Waals surface area contributed by atoms with Crippen molar-refractivity contribution in [1.82, 2.24) is 24.7 Å². The Balaban J connectivity index is 1.90. The Kier molecular flexibility index (Phi) is 4.52. The van der Waals surface area contributed by atoms with Gasteiger partial charge in [-0.2, -0.15) is 15.0 Å². The molecule has 0 bridgehead atoms. The van der Waals surface area contributed by atoms with Gasteiger partial charge in [-0.25, -0.2) is 18.4 Å². The van der Waals surface area contributed by atoms with Crippen molar-refractivity contribution in [3.63, 3.8) is 0 Å². The van der Waals surface area contributed by atoms with Crippen LogP contribution in [0.25, 0.3) is 5.69 Å². The predicted octanol–water partition coefficient (Wildman–Crippen LogP) is 0.712. The second kappa shape index (κ2) is 6.78. The summed E-state index contributed by atoms with van der Waals surface area (Å²) >= 11 is 0. The van der Waals surface area contributed by atoms with Gasteiger partial charge in [0.2, 0.25) is 0 Å². The molecule has 2 heterocycles.